The summed E-state index contributed by atoms with van der Waals surface area (Å²) in [7, 11) is 1.50. The van der Waals surface area contributed by atoms with Gasteiger partial charge in [0, 0.05) is 5.92 Å². The van der Waals surface area contributed by atoms with Crippen LogP contribution in [0.25, 0.3) is 0 Å². The van der Waals surface area contributed by atoms with Crippen molar-refractivity contribution in [3.05, 3.63) is 24.3 Å². The number of para-hydroxylation sites is 2. The zero-order chi connectivity index (χ0) is 21.1. The molecule has 0 radical (unpaired) electrons. The Balaban J connectivity index is 2.89. The molecule has 0 saturated carbocycles. The van der Waals surface area contributed by atoms with E-state index in [4.69, 9.17) is 4.74 Å². The van der Waals surface area contributed by atoms with Crippen LogP contribution in [0.5, 0.6) is 5.75 Å². The molecule has 0 aliphatic heterocycles. The Morgan fingerprint density at radius 1 is 1.29 bits per heavy atom. The van der Waals surface area contributed by atoms with Gasteiger partial charge in [0.2, 0.25) is 6.41 Å². The molecule has 0 aromatic heterocycles. The van der Waals surface area contributed by atoms with Crippen molar-refractivity contribution >= 4 is 23.9 Å². The lowest BCUT2D eigenvalue weighted by atomic mass is 9.87. The lowest BCUT2D eigenvalue weighted by Crippen LogP contribution is -2.50. The van der Waals surface area contributed by atoms with Gasteiger partial charge in [-0.3, -0.25) is 14.8 Å². The number of benzene rings is 1. The number of nitrogens with one attached hydrogen (secondary N) is 2. The molecule has 0 spiro atoms. The Morgan fingerprint density at radius 2 is 1.96 bits per heavy atom. The molecule has 3 N–H and O–H groups in total. The van der Waals surface area contributed by atoms with Gasteiger partial charge in [-0.15, -0.1) is 0 Å². The van der Waals surface area contributed by atoms with E-state index >= 15 is 0 Å². The van der Waals surface area contributed by atoms with Gasteiger partial charge in [-0.05, 0) is 24.5 Å². The van der Waals surface area contributed by atoms with Gasteiger partial charge in [0.05, 0.1) is 25.4 Å². The van der Waals surface area contributed by atoms with Crippen molar-refractivity contribution in [1.82, 2.24) is 10.4 Å². The van der Waals surface area contributed by atoms with Crippen LogP contribution in [0.2, 0.25) is 0 Å². The third kappa shape index (κ3) is 7.19. The Bertz CT molecular complexity index is 650. The first-order valence-corrected chi connectivity index (χ1v) is 9.49. The van der Waals surface area contributed by atoms with E-state index in [1.165, 1.54) is 7.11 Å². The summed E-state index contributed by atoms with van der Waals surface area (Å²) in [5, 5.41) is 15.4. The number of anilines is 1. The van der Waals surface area contributed by atoms with Crippen LogP contribution in [-0.2, 0) is 9.59 Å². The van der Waals surface area contributed by atoms with Crippen molar-refractivity contribution in [3.63, 3.8) is 0 Å². The number of ether oxygens (including phenoxy) is 1. The maximum Gasteiger partial charge on any atom is 0.319 e. The molecule has 0 heterocycles. The molecule has 1 aromatic carbocycles. The number of rotatable bonds is 12. The average Bonchev–Trinajstić information content (AvgIpc) is 2.68. The van der Waals surface area contributed by atoms with E-state index in [2.05, 4.69) is 10.6 Å². The first kappa shape index (κ1) is 23.4. The van der Waals surface area contributed by atoms with Gasteiger partial charge >= 0.3 is 6.03 Å². The van der Waals surface area contributed by atoms with Gasteiger partial charge in [0.25, 0.3) is 0 Å². The van der Waals surface area contributed by atoms with Gasteiger partial charge in [0.15, 0.2) is 5.78 Å². The van der Waals surface area contributed by atoms with Gasteiger partial charge in [0.1, 0.15) is 5.75 Å². The number of unbranched alkanes of at least 4 members (excludes halogenated alkanes) is 1. The summed E-state index contributed by atoms with van der Waals surface area (Å²) in [6.45, 7) is 5.57. The normalized spacial score (nSPS) is 12.8. The molecule has 3 amide bonds. The minimum Gasteiger partial charge on any atom is -0.495 e. The monoisotopic (exact) mass is 393 g/mol. The summed E-state index contributed by atoms with van der Waals surface area (Å²) >= 11 is 0. The van der Waals surface area contributed by atoms with Crippen molar-refractivity contribution in [2.24, 2.45) is 11.8 Å². The zero-order valence-corrected chi connectivity index (χ0v) is 17.0. The number of amides is 3. The molecule has 8 heteroatoms. The third-order valence-electron chi connectivity index (χ3n) is 4.45. The first-order chi connectivity index (χ1) is 13.3. The molecule has 1 aromatic rings. The Kier molecular flexibility index (Phi) is 10.0. The highest BCUT2D eigenvalue weighted by atomic mass is 16.5. The zero-order valence-electron chi connectivity index (χ0n) is 17.0. The Morgan fingerprint density at radius 3 is 2.54 bits per heavy atom. The molecule has 0 unspecified atom stereocenters. The molecule has 0 aliphatic rings. The molecule has 0 fully saturated rings. The van der Waals surface area contributed by atoms with Crippen molar-refractivity contribution in [2.45, 2.75) is 46.1 Å². The molecular formula is C20H31N3O5. The number of Topliss-reactive ketones (excluding diaryl/α,β-unsaturated/α-hetero) is 1. The molecule has 2 atom stereocenters. The average molecular weight is 393 g/mol. The fourth-order valence-electron chi connectivity index (χ4n) is 2.91. The summed E-state index contributed by atoms with van der Waals surface area (Å²) in [5.74, 6) is -0.426. The fourth-order valence-corrected chi connectivity index (χ4v) is 2.91. The van der Waals surface area contributed by atoms with E-state index in [9.17, 15) is 19.6 Å². The molecule has 0 saturated heterocycles. The van der Waals surface area contributed by atoms with Crippen LogP contribution in [-0.4, -0.2) is 48.2 Å². The number of ketones is 1. The second kappa shape index (κ2) is 12.0. The van der Waals surface area contributed by atoms with Crippen molar-refractivity contribution in [1.29, 1.82) is 0 Å². The van der Waals surface area contributed by atoms with Crippen molar-refractivity contribution in [2.75, 3.05) is 19.0 Å². The van der Waals surface area contributed by atoms with E-state index in [-0.39, 0.29) is 24.7 Å². The number of carbonyl (C=O) groups excluding carboxylic acids is 3. The number of hydroxylamine groups is 2. The fraction of sp³-hybridized carbons (Fsp3) is 0.550. The van der Waals surface area contributed by atoms with E-state index in [1.54, 1.807) is 24.3 Å². The molecule has 0 aliphatic carbocycles. The predicted molar refractivity (Wildman–Crippen MR) is 106 cm³/mol. The summed E-state index contributed by atoms with van der Waals surface area (Å²) in [5.41, 5.74) is 0.488. The molecule has 1 rings (SSSR count). The Labute approximate surface area is 166 Å². The smallest absolute Gasteiger partial charge is 0.319 e. The van der Waals surface area contributed by atoms with Crippen LogP contribution in [0, 0.1) is 11.8 Å². The maximum absolute atomic E-state index is 13.0. The van der Waals surface area contributed by atoms with Gasteiger partial charge in [-0.2, -0.15) is 0 Å². The highest BCUT2D eigenvalue weighted by Gasteiger charge is 2.31. The number of nitrogens with zero attached hydrogens (tertiary/aromatic N) is 1. The lowest BCUT2D eigenvalue weighted by molar-refractivity contribution is -0.154. The first-order valence-electron chi connectivity index (χ1n) is 9.49. The third-order valence-corrected chi connectivity index (χ3v) is 4.45. The Hall–Kier alpha value is -2.61. The second-order valence-corrected chi connectivity index (χ2v) is 6.99. The molecule has 28 heavy (non-hydrogen) atoms. The SMILES string of the molecule is CCCC[C@H](CN(O)C=O)C(=O)[C@@H](NC(=O)Nc1ccccc1OC)C(C)C. The maximum atomic E-state index is 13.0. The highest BCUT2D eigenvalue weighted by Crippen LogP contribution is 2.23. The number of methoxy groups -OCH3 is 1. The summed E-state index contributed by atoms with van der Waals surface area (Å²) < 4.78 is 5.21. The minimum atomic E-state index is -0.753. The van der Waals surface area contributed by atoms with Crippen molar-refractivity contribution < 1.29 is 24.3 Å². The van der Waals surface area contributed by atoms with Crippen LogP contribution in [0.4, 0.5) is 10.5 Å². The number of urea groups is 1. The molecule has 0 bridgehead atoms. The summed E-state index contributed by atoms with van der Waals surface area (Å²) in [6.07, 6.45) is 2.46. The molecular weight excluding hydrogens is 362 g/mol. The van der Waals surface area contributed by atoms with E-state index in [0.717, 1.165) is 12.8 Å². The standard InChI is InChI=1S/C20H31N3O5/c1-5-6-9-15(12-23(27)13-24)19(25)18(14(2)3)22-20(26)21-16-10-7-8-11-17(16)28-4/h7-8,10-11,13-15,18,27H,5-6,9,12H2,1-4H3,(H2,21,22,26)/t15-,18+/m1/s1. The minimum absolute atomic E-state index is 0.0959. The van der Waals surface area contributed by atoms with E-state index in [0.29, 0.717) is 22.9 Å². The molecule has 156 valence electrons. The van der Waals surface area contributed by atoms with Gasteiger partial charge in [-0.25, -0.2) is 9.86 Å². The summed E-state index contributed by atoms with van der Waals surface area (Å²) in [4.78, 5) is 36.3. The van der Waals surface area contributed by atoms with Crippen LogP contribution in [0.15, 0.2) is 24.3 Å². The highest BCUT2D eigenvalue weighted by molar-refractivity contribution is 5.96. The second-order valence-electron chi connectivity index (χ2n) is 6.99. The van der Waals surface area contributed by atoms with Crippen molar-refractivity contribution in [3.8, 4) is 5.75 Å². The van der Waals surface area contributed by atoms with Crippen LogP contribution < -0.4 is 15.4 Å². The number of hydrogen-bond donors (Lipinski definition) is 3. The van der Waals surface area contributed by atoms with Crippen LogP contribution >= 0.6 is 0 Å². The quantitative estimate of drug-likeness (QED) is 0.287. The van der Waals surface area contributed by atoms with Crippen LogP contribution in [0.3, 0.4) is 0 Å². The van der Waals surface area contributed by atoms with E-state index < -0.39 is 18.0 Å². The van der Waals surface area contributed by atoms with Gasteiger partial charge < -0.3 is 15.4 Å². The topological polar surface area (TPSA) is 108 Å². The predicted octanol–water partition coefficient (Wildman–Crippen LogP) is 3.06. The number of hydrogen-bond acceptors (Lipinski definition) is 5. The van der Waals surface area contributed by atoms with Gasteiger partial charge in [-0.1, -0.05) is 45.7 Å². The van der Waals surface area contributed by atoms with E-state index in [1.807, 2.05) is 20.8 Å². The molecule has 8 nitrogen and oxygen atoms in total. The number of carbonyl (C=O) groups is 3. The lowest BCUT2D eigenvalue weighted by Gasteiger charge is -2.27. The largest absolute Gasteiger partial charge is 0.495 e. The van der Waals surface area contributed by atoms with Crippen LogP contribution in [0.1, 0.15) is 40.0 Å². The summed E-state index contributed by atoms with van der Waals surface area (Å²) in [6, 6.07) is 5.69.